The number of ether oxygens (including phenoxy) is 1. The molecule has 7 heteroatoms. The topological polar surface area (TPSA) is 61.8 Å². The Labute approximate surface area is 172 Å². The fourth-order valence-electron chi connectivity index (χ4n) is 4.01. The normalized spacial score (nSPS) is 17.8. The van der Waals surface area contributed by atoms with Crippen LogP contribution in [0.1, 0.15) is 36.0 Å². The number of hydrogen-bond donors (Lipinski definition) is 0. The lowest BCUT2D eigenvalue weighted by atomic mass is 10.1. The minimum atomic E-state index is 0.0647. The van der Waals surface area contributed by atoms with Crippen molar-refractivity contribution in [2.24, 2.45) is 0 Å². The lowest BCUT2D eigenvalue weighted by Crippen LogP contribution is -2.49. The SMILES string of the molecule is COc1ccc(C(=O)N2CCN(c3ccc(N4CCCCCC4)nn3)CC2)cc1. The van der Waals surface area contributed by atoms with Gasteiger partial charge >= 0.3 is 0 Å². The standard InChI is InChI=1S/C22H29N5O2/c1-29-19-8-6-18(7-9-19)22(28)27-16-14-26(15-17-27)21-11-10-20(23-24-21)25-12-4-2-3-5-13-25/h6-11H,2-5,12-17H2,1H3. The molecule has 0 radical (unpaired) electrons. The molecule has 1 aromatic heterocycles. The van der Waals surface area contributed by atoms with Gasteiger partial charge in [0.2, 0.25) is 0 Å². The van der Waals surface area contributed by atoms with Crippen molar-refractivity contribution in [3.8, 4) is 5.75 Å². The van der Waals surface area contributed by atoms with E-state index in [-0.39, 0.29) is 5.91 Å². The number of amides is 1. The lowest BCUT2D eigenvalue weighted by Gasteiger charge is -2.35. The third kappa shape index (κ3) is 4.60. The molecule has 29 heavy (non-hydrogen) atoms. The fourth-order valence-corrected chi connectivity index (χ4v) is 4.01. The van der Waals surface area contributed by atoms with Gasteiger partial charge in [0.25, 0.3) is 5.91 Å². The van der Waals surface area contributed by atoms with Crippen LogP contribution in [0.4, 0.5) is 11.6 Å². The van der Waals surface area contributed by atoms with Gasteiger partial charge in [0.15, 0.2) is 11.6 Å². The van der Waals surface area contributed by atoms with Crippen molar-refractivity contribution in [1.29, 1.82) is 0 Å². The first-order valence-electron chi connectivity index (χ1n) is 10.5. The minimum absolute atomic E-state index is 0.0647. The third-order valence-corrected chi connectivity index (χ3v) is 5.79. The summed E-state index contributed by atoms with van der Waals surface area (Å²) in [7, 11) is 1.62. The molecule has 0 saturated carbocycles. The zero-order valence-corrected chi connectivity index (χ0v) is 17.1. The summed E-state index contributed by atoms with van der Waals surface area (Å²) < 4.78 is 5.16. The number of carbonyl (C=O) groups is 1. The molecular weight excluding hydrogens is 366 g/mol. The zero-order chi connectivity index (χ0) is 20.1. The van der Waals surface area contributed by atoms with Crippen LogP contribution in [-0.4, -0.2) is 67.4 Å². The number of methoxy groups -OCH3 is 1. The van der Waals surface area contributed by atoms with Gasteiger partial charge in [-0.15, -0.1) is 10.2 Å². The second-order valence-electron chi connectivity index (χ2n) is 7.66. The van der Waals surface area contributed by atoms with Crippen LogP contribution < -0.4 is 14.5 Å². The lowest BCUT2D eigenvalue weighted by molar-refractivity contribution is 0.0746. The van der Waals surface area contributed by atoms with Gasteiger partial charge in [0.1, 0.15) is 5.75 Å². The Bertz CT molecular complexity index is 793. The Kier molecular flexibility index (Phi) is 6.12. The molecule has 2 aliphatic heterocycles. The van der Waals surface area contributed by atoms with Gasteiger partial charge in [-0.1, -0.05) is 12.8 Å². The van der Waals surface area contributed by atoms with Gasteiger partial charge in [-0.05, 0) is 49.2 Å². The van der Waals surface area contributed by atoms with E-state index in [1.54, 1.807) is 7.11 Å². The molecule has 0 unspecified atom stereocenters. The molecule has 2 aromatic rings. The van der Waals surface area contributed by atoms with Crippen LogP contribution in [0.15, 0.2) is 36.4 Å². The van der Waals surface area contributed by atoms with E-state index in [9.17, 15) is 4.79 Å². The first kappa shape index (κ1) is 19.5. The van der Waals surface area contributed by atoms with Crippen molar-refractivity contribution in [1.82, 2.24) is 15.1 Å². The van der Waals surface area contributed by atoms with Crippen LogP contribution in [-0.2, 0) is 0 Å². The van der Waals surface area contributed by atoms with Crippen LogP contribution in [0.3, 0.4) is 0 Å². The maximum absolute atomic E-state index is 12.7. The smallest absolute Gasteiger partial charge is 0.253 e. The number of aromatic nitrogens is 2. The first-order valence-corrected chi connectivity index (χ1v) is 10.5. The van der Waals surface area contributed by atoms with Crippen LogP contribution in [0.5, 0.6) is 5.75 Å². The number of anilines is 2. The van der Waals surface area contributed by atoms with Crippen molar-refractivity contribution in [2.45, 2.75) is 25.7 Å². The van der Waals surface area contributed by atoms with Crippen LogP contribution in [0.2, 0.25) is 0 Å². The van der Waals surface area contributed by atoms with E-state index in [4.69, 9.17) is 4.74 Å². The summed E-state index contributed by atoms with van der Waals surface area (Å²) >= 11 is 0. The maximum Gasteiger partial charge on any atom is 0.253 e. The molecule has 0 atom stereocenters. The Morgan fingerprint density at radius 3 is 1.83 bits per heavy atom. The molecule has 2 aliphatic rings. The molecule has 0 aliphatic carbocycles. The van der Waals surface area contributed by atoms with E-state index in [1.807, 2.05) is 29.2 Å². The minimum Gasteiger partial charge on any atom is -0.497 e. The molecule has 154 valence electrons. The first-order chi connectivity index (χ1) is 14.2. The predicted molar refractivity (Wildman–Crippen MR) is 114 cm³/mol. The quantitative estimate of drug-likeness (QED) is 0.793. The van der Waals surface area contributed by atoms with Gasteiger partial charge in [-0.2, -0.15) is 0 Å². The summed E-state index contributed by atoms with van der Waals surface area (Å²) in [5, 5.41) is 8.95. The van der Waals surface area contributed by atoms with Crippen molar-refractivity contribution >= 4 is 17.5 Å². The van der Waals surface area contributed by atoms with Crippen LogP contribution >= 0.6 is 0 Å². The molecule has 4 rings (SSSR count). The molecule has 7 nitrogen and oxygen atoms in total. The maximum atomic E-state index is 12.7. The summed E-state index contributed by atoms with van der Waals surface area (Å²) in [6.45, 7) is 5.03. The highest BCUT2D eigenvalue weighted by Gasteiger charge is 2.23. The monoisotopic (exact) mass is 395 g/mol. The largest absolute Gasteiger partial charge is 0.497 e. The Morgan fingerprint density at radius 2 is 1.31 bits per heavy atom. The van der Waals surface area contributed by atoms with Gasteiger partial charge in [0, 0.05) is 44.8 Å². The van der Waals surface area contributed by atoms with Gasteiger partial charge < -0.3 is 19.4 Å². The van der Waals surface area contributed by atoms with Crippen molar-refractivity contribution in [3.05, 3.63) is 42.0 Å². The van der Waals surface area contributed by atoms with Gasteiger partial charge in [-0.3, -0.25) is 4.79 Å². The summed E-state index contributed by atoms with van der Waals surface area (Å²) in [4.78, 5) is 19.2. The number of carbonyl (C=O) groups excluding carboxylic acids is 1. The van der Waals surface area contributed by atoms with Crippen molar-refractivity contribution < 1.29 is 9.53 Å². The van der Waals surface area contributed by atoms with Gasteiger partial charge in [0.05, 0.1) is 7.11 Å². The Balaban J connectivity index is 1.33. The second-order valence-corrected chi connectivity index (χ2v) is 7.66. The number of nitrogens with zero attached hydrogens (tertiary/aromatic N) is 5. The molecular formula is C22H29N5O2. The number of piperazine rings is 1. The summed E-state index contributed by atoms with van der Waals surface area (Å²) in [6.07, 6.45) is 5.07. The second kappa shape index (κ2) is 9.11. The molecule has 0 bridgehead atoms. The molecule has 0 spiro atoms. The number of rotatable bonds is 4. The highest BCUT2D eigenvalue weighted by Crippen LogP contribution is 2.20. The van der Waals surface area contributed by atoms with Gasteiger partial charge in [-0.25, -0.2) is 0 Å². The van der Waals surface area contributed by atoms with E-state index in [1.165, 1.54) is 25.7 Å². The van der Waals surface area contributed by atoms with Crippen LogP contribution in [0, 0.1) is 0 Å². The third-order valence-electron chi connectivity index (χ3n) is 5.79. The van der Waals surface area contributed by atoms with Crippen LogP contribution in [0.25, 0.3) is 0 Å². The zero-order valence-electron chi connectivity index (χ0n) is 17.1. The molecule has 3 heterocycles. The van der Waals surface area contributed by atoms with E-state index in [0.717, 1.165) is 43.6 Å². The van der Waals surface area contributed by atoms with Crippen molar-refractivity contribution in [3.63, 3.8) is 0 Å². The summed E-state index contributed by atoms with van der Waals surface area (Å²) in [5.41, 5.74) is 0.695. The number of hydrogen-bond acceptors (Lipinski definition) is 6. The summed E-state index contributed by atoms with van der Waals surface area (Å²) in [6, 6.07) is 11.4. The predicted octanol–water partition coefficient (Wildman–Crippen LogP) is 2.83. The average molecular weight is 396 g/mol. The number of benzene rings is 1. The van der Waals surface area contributed by atoms with E-state index in [0.29, 0.717) is 18.7 Å². The molecule has 2 fully saturated rings. The van der Waals surface area contributed by atoms with E-state index in [2.05, 4.69) is 32.1 Å². The highest BCUT2D eigenvalue weighted by molar-refractivity contribution is 5.94. The van der Waals surface area contributed by atoms with Crippen molar-refractivity contribution in [2.75, 3.05) is 56.2 Å². The van der Waals surface area contributed by atoms with E-state index >= 15 is 0 Å². The Morgan fingerprint density at radius 1 is 0.759 bits per heavy atom. The molecule has 0 N–H and O–H groups in total. The average Bonchev–Trinajstić information content (AvgIpc) is 3.09. The molecule has 2 saturated heterocycles. The highest BCUT2D eigenvalue weighted by atomic mass is 16.5. The Hall–Kier alpha value is -2.83. The summed E-state index contributed by atoms with van der Waals surface area (Å²) in [5.74, 6) is 2.69. The molecule has 1 amide bonds. The van der Waals surface area contributed by atoms with E-state index < -0.39 is 0 Å². The molecule has 1 aromatic carbocycles. The fraction of sp³-hybridized carbons (Fsp3) is 0.500.